The van der Waals surface area contributed by atoms with E-state index < -0.39 is 0 Å². The highest BCUT2D eigenvalue weighted by molar-refractivity contribution is 5.69. The van der Waals surface area contributed by atoms with Gasteiger partial charge in [-0.2, -0.15) is 0 Å². The fourth-order valence-electron chi connectivity index (χ4n) is 2.42. The third kappa shape index (κ3) is 3.49. The summed E-state index contributed by atoms with van der Waals surface area (Å²) < 4.78 is 0. The fraction of sp³-hybridized carbons (Fsp3) is 0.368. The van der Waals surface area contributed by atoms with Gasteiger partial charge in [0.2, 0.25) is 0 Å². The van der Waals surface area contributed by atoms with Gasteiger partial charge in [0.05, 0.1) is 0 Å². The number of rotatable bonds is 5. The Kier molecular flexibility index (Phi) is 4.97. The molecule has 0 bridgehead atoms. The molecule has 0 heterocycles. The first-order valence-corrected chi connectivity index (χ1v) is 7.49. The third-order valence-electron chi connectivity index (χ3n) is 3.83. The zero-order valence-corrected chi connectivity index (χ0v) is 13.1. The SMILES string of the molecule is CCCNCc1ccc(C)cc1-c1ccc(C)c(C)c1. The third-order valence-corrected chi connectivity index (χ3v) is 3.83. The van der Waals surface area contributed by atoms with E-state index in [1.165, 1.54) is 39.8 Å². The summed E-state index contributed by atoms with van der Waals surface area (Å²) in [6.45, 7) is 10.7. The van der Waals surface area contributed by atoms with Crippen LogP contribution >= 0.6 is 0 Å². The molecule has 2 aromatic rings. The Morgan fingerprint density at radius 1 is 0.900 bits per heavy atom. The van der Waals surface area contributed by atoms with E-state index in [1.807, 2.05) is 0 Å². The molecule has 2 aromatic carbocycles. The van der Waals surface area contributed by atoms with Gasteiger partial charge in [0.25, 0.3) is 0 Å². The molecule has 0 amide bonds. The molecular formula is C19H25N. The van der Waals surface area contributed by atoms with E-state index >= 15 is 0 Å². The Balaban J connectivity index is 2.37. The molecule has 0 aliphatic rings. The van der Waals surface area contributed by atoms with Crippen molar-refractivity contribution in [1.29, 1.82) is 0 Å². The minimum Gasteiger partial charge on any atom is -0.313 e. The van der Waals surface area contributed by atoms with Crippen LogP contribution in [0, 0.1) is 20.8 Å². The van der Waals surface area contributed by atoms with Crippen molar-refractivity contribution in [3.8, 4) is 11.1 Å². The van der Waals surface area contributed by atoms with E-state index in [0.29, 0.717) is 0 Å². The highest BCUT2D eigenvalue weighted by atomic mass is 14.8. The number of benzene rings is 2. The Labute approximate surface area is 123 Å². The Morgan fingerprint density at radius 2 is 1.70 bits per heavy atom. The monoisotopic (exact) mass is 267 g/mol. The molecule has 106 valence electrons. The van der Waals surface area contributed by atoms with Crippen LogP contribution < -0.4 is 5.32 Å². The molecule has 0 fully saturated rings. The fourth-order valence-corrected chi connectivity index (χ4v) is 2.42. The summed E-state index contributed by atoms with van der Waals surface area (Å²) in [6, 6.07) is 13.5. The van der Waals surface area contributed by atoms with Gasteiger partial charge in [-0.25, -0.2) is 0 Å². The predicted octanol–water partition coefficient (Wildman–Crippen LogP) is 4.78. The van der Waals surface area contributed by atoms with E-state index in [4.69, 9.17) is 0 Å². The molecule has 1 N–H and O–H groups in total. The molecule has 0 saturated heterocycles. The van der Waals surface area contributed by atoms with Crippen LogP contribution in [-0.2, 0) is 6.54 Å². The predicted molar refractivity (Wildman–Crippen MR) is 88.1 cm³/mol. The highest BCUT2D eigenvalue weighted by Crippen LogP contribution is 2.27. The van der Waals surface area contributed by atoms with Gasteiger partial charge in [0.15, 0.2) is 0 Å². The van der Waals surface area contributed by atoms with Crippen LogP contribution in [0.2, 0.25) is 0 Å². The Bertz CT molecular complexity index is 584. The maximum Gasteiger partial charge on any atom is 0.0211 e. The first-order valence-electron chi connectivity index (χ1n) is 7.49. The van der Waals surface area contributed by atoms with Gasteiger partial charge >= 0.3 is 0 Å². The van der Waals surface area contributed by atoms with Gasteiger partial charge in [0.1, 0.15) is 0 Å². The van der Waals surface area contributed by atoms with Crippen LogP contribution in [0.5, 0.6) is 0 Å². The van der Waals surface area contributed by atoms with Gasteiger partial charge in [-0.05, 0) is 61.6 Å². The van der Waals surface area contributed by atoms with Crippen molar-refractivity contribution in [2.24, 2.45) is 0 Å². The summed E-state index contributed by atoms with van der Waals surface area (Å²) in [6.07, 6.45) is 1.17. The van der Waals surface area contributed by atoms with Crippen LogP contribution in [0.1, 0.15) is 35.6 Å². The zero-order chi connectivity index (χ0) is 14.5. The lowest BCUT2D eigenvalue weighted by molar-refractivity contribution is 0.676. The lowest BCUT2D eigenvalue weighted by Crippen LogP contribution is -2.14. The molecule has 0 aromatic heterocycles. The van der Waals surface area contributed by atoms with E-state index in [2.05, 4.69) is 69.4 Å². The summed E-state index contributed by atoms with van der Waals surface area (Å²) in [5, 5.41) is 3.51. The van der Waals surface area contributed by atoms with Crippen LogP contribution in [0.3, 0.4) is 0 Å². The first kappa shape index (κ1) is 14.8. The van der Waals surface area contributed by atoms with Crippen molar-refractivity contribution >= 4 is 0 Å². The molecule has 1 nitrogen and oxygen atoms in total. The summed E-state index contributed by atoms with van der Waals surface area (Å²) >= 11 is 0. The second kappa shape index (κ2) is 6.71. The van der Waals surface area contributed by atoms with Crippen LogP contribution in [0.15, 0.2) is 36.4 Å². The standard InChI is InChI=1S/C19H25N/c1-5-10-20-13-18-8-6-14(2)11-19(18)17-9-7-15(3)16(4)12-17/h6-9,11-12,20H,5,10,13H2,1-4H3. The Morgan fingerprint density at radius 3 is 2.40 bits per heavy atom. The molecule has 0 unspecified atom stereocenters. The summed E-state index contributed by atoms with van der Waals surface area (Å²) in [7, 11) is 0. The number of hydrogen-bond acceptors (Lipinski definition) is 1. The molecule has 1 heteroatoms. The van der Waals surface area contributed by atoms with Gasteiger partial charge in [-0.3, -0.25) is 0 Å². The lowest BCUT2D eigenvalue weighted by Gasteiger charge is -2.13. The van der Waals surface area contributed by atoms with Crippen LogP contribution in [0.25, 0.3) is 11.1 Å². The summed E-state index contributed by atoms with van der Waals surface area (Å²) in [5.74, 6) is 0. The topological polar surface area (TPSA) is 12.0 Å². The van der Waals surface area contributed by atoms with Crippen LogP contribution in [0.4, 0.5) is 0 Å². The Hall–Kier alpha value is -1.60. The number of hydrogen-bond donors (Lipinski definition) is 1. The number of aryl methyl sites for hydroxylation is 3. The quantitative estimate of drug-likeness (QED) is 0.769. The van der Waals surface area contributed by atoms with E-state index in [1.54, 1.807) is 0 Å². The molecule has 0 aliphatic carbocycles. The molecule has 20 heavy (non-hydrogen) atoms. The maximum absolute atomic E-state index is 3.51. The minimum absolute atomic E-state index is 0.941. The second-order valence-electron chi connectivity index (χ2n) is 5.64. The van der Waals surface area contributed by atoms with Crippen molar-refractivity contribution in [1.82, 2.24) is 5.32 Å². The van der Waals surface area contributed by atoms with E-state index in [0.717, 1.165) is 13.1 Å². The average Bonchev–Trinajstić information content (AvgIpc) is 2.44. The lowest BCUT2D eigenvalue weighted by atomic mass is 9.95. The molecule has 0 radical (unpaired) electrons. The number of nitrogens with one attached hydrogen (secondary N) is 1. The summed E-state index contributed by atoms with van der Waals surface area (Å²) in [5.41, 5.74) is 8.09. The van der Waals surface area contributed by atoms with Crippen molar-refractivity contribution < 1.29 is 0 Å². The van der Waals surface area contributed by atoms with Crippen molar-refractivity contribution in [3.63, 3.8) is 0 Å². The van der Waals surface area contributed by atoms with Gasteiger partial charge in [0, 0.05) is 6.54 Å². The molecular weight excluding hydrogens is 242 g/mol. The second-order valence-corrected chi connectivity index (χ2v) is 5.64. The summed E-state index contributed by atoms with van der Waals surface area (Å²) in [4.78, 5) is 0. The van der Waals surface area contributed by atoms with Crippen molar-refractivity contribution in [2.75, 3.05) is 6.54 Å². The molecule has 2 rings (SSSR count). The average molecular weight is 267 g/mol. The van der Waals surface area contributed by atoms with Crippen LogP contribution in [-0.4, -0.2) is 6.54 Å². The normalized spacial score (nSPS) is 10.8. The molecule has 0 saturated carbocycles. The van der Waals surface area contributed by atoms with Gasteiger partial charge in [-0.15, -0.1) is 0 Å². The van der Waals surface area contributed by atoms with E-state index in [9.17, 15) is 0 Å². The van der Waals surface area contributed by atoms with E-state index in [-0.39, 0.29) is 0 Å². The van der Waals surface area contributed by atoms with Crippen molar-refractivity contribution in [2.45, 2.75) is 40.7 Å². The van der Waals surface area contributed by atoms with Gasteiger partial charge in [-0.1, -0.05) is 48.9 Å². The van der Waals surface area contributed by atoms with Gasteiger partial charge < -0.3 is 5.32 Å². The molecule has 0 aliphatic heterocycles. The molecule has 0 atom stereocenters. The minimum atomic E-state index is 0.941. The smallest absolute Gasteiger partial charge is 0.0211 e. The maximum atomic E-state index is 3.51. The highest BCUT2D eigenvalue weighted by Gasteiger charge is 2.06. The largest absolute Gasteiger partial charge is 0.313 e. The van der Waals surface area contributed by atoms with Crippen molar-refractivity contribution in [3.05, 3.63) is 58.7 Å². The first-order chi connectivity index (χ1) is 9.61. The molecule has 0 spiro atoms. The zero-order valence-electron chi connectivity index (χ0n) is 13.1.